The Morgan fingerprint density at radius 3 is 2.38 bits per heavy atom. The molecule has 1 aromatic heterocycles. The minimum Gasteiger partial charge on any atom is -0.478 e. The highest BCUT2D eigenvalue weighted by atomic mass is 35.5. The number of hydrogen-bond donors (Lipinski definition) is 4. The van der Waals surface area contributed by atoms with Gasteiger partial charge in [-0.25, -0.2) is 14.0 Å². The molecule has 4 rings (SSSR count). The molecular weight excluding hydrogens is 605 g/mol. The van der Waals surface area contributed by atoms with Crippen LogP contribution >= 0.6 is 11.6 Å². The van der Waals surface area contributed by atoms with Gasteiger partial charge in [-0.3, -0.25) is 19.5 Å². The Balaban J connectivity index is 0.000000610. The van der Waals surface area contributed by atoms with E-state index in [9.17, 15) is 23.6 Å². The average molecular weight is 646 g/mol. The van der Waals surface area contributed by atoms with Crippen molar-refractivity contribution in [1.82, 2.24) is 20.5 Å². The van der Waals surface area contributed by atoms with Gasteiger partial charge in [0.1, 0.15) is 5.82 Å². The summed E-state index contributed by atoms with van der Waals surface area (Å²) in [4.78, 5) is 53.9. The monoisotopic (exact) mass is 645 g/mol. The quantitative estimate of drug-likeness (QED) is 0.298. The van der Waals surface area contributed by atoms with E-state index >= 15 is 0 Å². The highest BCUT2D eigenvalue weighted by molar-refractivity contribution is 6.33. The van der Waals surface area contributed by atoms with E-state index in [2.05, 4.69) is 48.2 Å². The molecule has 2 aromatic rings. The molecule has 4 N–H and O–H groups in total. The molecule has 3 heterocycles. The van der Waals surface area contributed by atoms with Crippen LogP contribution in [0.2, 0.25) is 5.02 Å². The zero-order chi connectivity index (χ0) is 33.3. The summed E-state index contributed by atoms with van der Waals surface area (Å²) in [6.07, 6.45) is 3.66. The molecule has 3 atom stereocenters. The predicted molar refractivity (Wildman–Crippen MR) is 168 cm³/mol. The maximum atomic E-state index is 13.4. The first kappa shape index (κ1) is 35.6. The number of rotatable bonds is 9. The summed E-state index contributed by atoms with van der Waals surface area (Å²) >= 11 is 6.39. The summed E-state index contributed by atoms with van der Waals surface area (Å²) in [5, 5.41) is 22.8. The second-order valence-corrected chi connectivity index (χ2v) is 12.6. The number of nitrogens with one attached hydrogen (secondary N) is 2. The van der Waals surface area contributed by atoms with Crippen LogP contribution in [0.4, 0.5) is 10.1 Å². The third kappa shape index (κ3) is 10.3. The molecule has 0 radical (unpaired) electrons. The summed E-state index contributed by atoms with van der Waals surface area (Å²) in [7, 11) is 0. The van der Waals surface area contributed by atoms with E-state index in [1.165, 1.54) is 12.3 Å². The molecule has 45 heavy (non-hydrogen) atoms. The second-order valence-electron chi connectivity index (χ2n) is 12.2. The van der Waals surface area contributed by atoms with Gasteiger partial charge in [0.2, 0.25) is 11.8 Å². The molecule has 0 bridgehead atoms. The topological polar surface area (TPSA) is 152 Å². The molecule has 1 aromatic carbocycles. The number of piperidine rings is 1. The Kier molecular flexibility index (Phi) is 12.6. The maximum Gasteiger partial charge on any atom is 0.328 e. The molecule has 0 aliphatic carbocycles. The number of benzene rings is 1. The summed E-state index contributed by atoms with van der Waals surface area (Å²) in [5.74, 6) is -2.88. The Hall–Kier alpha value is -3.87. The van der Waals surface area contributed by atoms with Gasteiger partial charge in [-0.1, -0.05) is 37.6 Å². The van der Waals surface area contributed by atoms with Crippen molar-refractivity contribution in [2.24, 2.45) is 11.8 Å². The molecule has 2 aliphatic heterocycles. The van der Waals surface area contributed by atoms with Gasteiger partial charge < -0.3 is 25.7 Å². The number of carbonyl (C=O) groups excluding carboxylic acids is 2. The molecule has 2 amide bonds. The normalized spacial score (nSPS) is 20.8. The first-order valence-electron chi connectivity index (χ1n) is 14.8. The van der Waals surface area contributed by atoms with Gasteiger partial charge >= 0.3 is 11.9 Å². The summed E-state index contributed by atoms with van der Waals surface area (Å²) < 4.78 is 13.4. The number of nitrogens with zero attached hydrogens (tertiary/aromatic N) is 3. The number of para-hydroxylation sites is 1. The molecule has 0 saturated carbocycles. The third-order valence-corrected chi connectivity index (χ3v) is 8.03. The first-order valence-corrected chi connectivity index (χ1v) is 15.1. The number of aliphatic carboxylic acids is 2. The van der Waals surface area contributed by atoms with Crippen LogP contribution < -0.4 is 15.5 Å². The standard InChI is InChI=1S/C28H37ClFN5O2.C4H4O4/c1-18(2)11-24(23-10-9-20(30)14-32-23)33-27(37)19-12-21(15-31-13-19)35-16-26(36)34(17-28(35,3)4)25-8-6-5-7-22(25)29;5-3(6)1-2-4(7)8/h5-10,14,18-19,21,24,31H,11-13,15-17H2,1-4H3,(H,33,37);1-2H,(H,5,6)(H,7,8)/b;2-1+/t19-,21+,24+;/m0./s1. The van der Waals surface area contributed by atoms with Crippen molar-refractivity contribution in [3.8, 4) is 0 Å². The first-order chi connectivity index (χ1) is 21.2. The predicted octanol–water partition coefficient (Wildman–Crippen LogP) is 3.89. The fourth-order valence-electron chi connectivity index (χ4n) is 5.63. The van der Waals surface area contributed by atoms with Gasteiger partial charge in [-0.05, 0) is 56.9 Å². The Bertz CT molecular complexity index is 1370. The molecule has 2 fully saturated rings. The lowest BCUT2D eigenvalue weighted by Gasteiger charge is -2.51. The summed E-state index contributed by atoms with van der Waals surface area (Å²) in [6.45, 7) is 10.5. The van der Waals surface area contributed by atoms with Gasteiger partial charge in [0.25, 0.3) is 0 Å². The number of amides is 2. The smallest absolute Gasteiger partial charge is 0.328 e. The number of carboxylic acids is 2. The van der Waals surface area contributed by atoms with Crippen LogP contribution in [0.3, 0.4) is 0 Å². The van der Waals surface area contributed by atoms with Crippen molar-refractivity contribution in [1.29, 1.82) is 0 Å². The van der Waals surface area contributed by atoms with Crippen LogP contribution in [0.25, 0.3) is 0 Å². The molecule has 13 heteroatoms. The van der Waals surface area contributed by atoms with Crippen LogP contribution in [0.1, 0.15) is 52.3 Å². The number of anilines is 1. The van der Waals surface area contributed by atoms with Crippen LogP contribution in [0, 0.1) is 17.7 Å². The highest BCUT2D eigenvalue weighted by Crippen LogP contribution is 2.34. The van der Waals surface area contributed by atoms with Crippen molar-refractivity contribution in [3.63, 3.8) is 0 Å². The van der Waals surface area contributed by atoms with Crippen molar-refractivity contribution < 1.29 is 33.8 Å². The van der Waals surface area contributed by atoms with E-state index in [1.807, 2.05) is 18.2 Å². The maximum absolute atomic E-state index is 13.4. The minimum atomic E-state index is -1.26. The molecule has 2 aliphatic rings. The Morgan fingerprint density at radius 2 is 1.80 bits per heavy atom. The lowest BCUT2D eigenvalue weighted by Crippen LogP contribution is -2.67. The molecule has 244 valence electrons. The van der Waals surface area contributed by atoms with Crippen LogP contribution in [0.15, 0.2) is 54.7 Å². The summed E-state index contributed by atoms with van der Waals surface area (Å²) in [6, 6.07) is 10.2. The van der Waals surface area contributed by atoms with Gasteiger partial charge in [-0.2, -0.15) is 0 Å². The number of pyridine rings is 1. The number of carbonyl (C=O) groups is 4. The number of halogens is 2. The van der Waals surface area contributed by atoms with E-state index in [4.69, 9.17) is 21.8 Å². The van der Waals surface area contributed by atoms with E-state index < -0.39 is 17.8 Å². The fraction of sp³-hybridized carbons (Fsp3) is 0.469. The number of carboxylic acid groups (broad SMARTS) is 2. The molecule has 11 nitrogen and oxygen atoms in total. The third-order valence-electron chi connectivity index (χ3n) is 7.71. The number of aromatic nitrogens is 1. The number of piperazine rings is 1. The SMILES string of the molecule is CC(C)C[C@@H](NC(=O)[C@@H]1CNC[C@H](N2CC(=O)N(c3ccccc3Cl)CC2(C)C)C1)c1ccc(F)cn1.O=C(O)/C=C/C(=O)O. The molecule has 2 saturated heterocycles. The van der Waals surface area contributed by atoms with E-state index in [0.29, 0.717) is 61.3 Å². The molecular formula is C32H41ClFN5O6. The fourth-order valence-corrected chi connectivity index (χ4v) is 5.87. The average Bonchev–Trinajstić information content (AvgIpc) is 2.97. The highest BCUT2D eigenvalue weighted by Gasteiger charge is 2.44. The molecule has 0 spiro atoms. The van der Waals surface area contributed by atoms with E-state index in [1.54, 1.807) is 17.0 Å². The van der Waals surface area contributed by atoms with Crippen LogP contribution in [-0.2, 0) is 19.2 Å². The lowest BCUT2D eigenvalue weighted by molar-refractivity contribution is -0.134. The van der Waals surface area contributed by atoms with Crippen molar-refractivity contribution in [2.45, 2.75) is 58.2 Å². The minimum absolute atomic E-state index is 0.00150. The van der Waals surface area contributed by atoms with E-state index in [-0.39, 0.29) is 41.9 Å². The van der Waals surface area contributed by atoms with E-state index in [0.717, 1.165) is 5.69 Å². The summed E-state index contributed by atoms with van der Waals surface area (Å²) in [5.41, 5.74) is 1.08. The zero-order valence-electron chi connectivity index (χ0n) is 25.9. The number of hydrogen-bond acceptors (Lipinski definition) is 7. The second kappa shape index (κ2) is 15.9. The Morgan fingerprint density at radius 1 is 1.13 bits per heavy atom. The zero-order valence-corrected chi connectivity index (χ0v) is 26.6. The van der Waals surface area contributed by atoms with Crippen LogP contribution in [-0.4, -0.2) is 81.6 Å². The van der Waals surface area contributed by atoms with Crippen LogP contribution in [0.5, 0.6) is 0 Å². The van der Waals surface area contributed by atoms with Gasteiger partial charge in [-0.15, -0.1) is 0 Å². The van der Waals surface area contributed by atoms with Crippen molar-refractivity contribution in [3.05, 3.63) is 71.3 Å². The van der Waals surface area contributed by atoms with Gasteiger partial charge in [0, 0.05) is 43.4 Å². The largest absolute Gasteiger partial charge is 0.478 e. The lowest BCUT2D eigenvalue weighted by atomic mass is 9.88. The van der Waals surface area contributed by atoms with Crippen molar-refractivity contribution in [2.75, 3.05) is 31.1 Å². The van der Waals surface area contributed by atoms with Crippen molar-refractivity contribution >= 4 is 41.0 Å². The Labute approximate surface area is 267 Å². The van der Waals surface area contributed by atoms with Gasteiger partial charge in [0.05, 0.1) is 41.1 Å². The molecule has 0 unspecified atom stereocenters. The van der Waals surface area contributed by atoms with Gasteiger partial charge in [0.15, 0.2) is 0 Å².